The third-order valence-corrected chi connectivity index (χ3v) is 4.20. The van der Waals surface area contributed by atoms with E-state index in [-0.39, 0.29) is 5.91 Å². The Kier molecular flexibility index (Phi) is 6.22. The van der Waals surface area contributed by atoms with Crippen molar-refractivity contribution in [3.05, 3.63) is 41.0 Å². The minimum absolute atomic E-state index is 0.0706. The van der Waals surface area contributed by atoms with Crippen molar-refractivity contribution in [3.63, 3.8) is 0 Å². The zero-order chi connectivity index (χ0) is 16.8. The highest BCUT2D eigenvalue weighted by atomic mass is 16.5. The van der Waals surface area contributed by atoms with Crippen molar-refractivity contribution in [1.29, 1.82) is 0 Å². The van der Waals surface area contributed by atoms with Crippen LogP contribution in [0.15, 0.2) is 29.8 Å². The molecule has 23 heavy (non-hydrogen) atoms. The lowest BCUT2D eigenvalue weighted by Crippen LogP contribution is -2.38. The van der Waals surface area contributed by atoms with Crippen LogP contribution in [0.4, 0.5) is 0 Å². The van der Waals surface area contributed by atoms with E-state index in [0.29, 0.717) is 12.5 Å². The first kappa shape index (κ1) is 17.5. The van der Waals surface area contributed by atoms with E-state index in [9.17, 15) is 4.79 Å². The van der Waals surface area contributed by atoms with Crippen molar-refractivity contribution in [2.24, 2.45) is 0 Å². The highest BCUT2D eigenvalue weighted by molar-refractivity contribution is 5.81. The summed E-state index contributed by atoms with van der Waals surface area (Å²) in [5.41, 5.74) is 3.55. The molecule has 1 aromatic carbocycles. The molecule has 0 spiro atoms. The summed E-state index contributed by atoms with van der Waals surface area (Å²) in [6.07, 6.45) is 2.63. The number of rotatable bonds is 6. The van der Waals surface area contributed by atoms with Gasteiger partial charge in [0.2, 0.25) is 0 Å². The van der Waals surface area contributed by atoms with E-state index in [0.717, 1.165) is 30.8 Å². The van der Waals surface area contributed by atoms with Crippen molar-refractivity contribution in [2.75, 3.05) is 19.6 Å². The van der Waals surface area contributed by atoms with Gasteiger partial charge in [-0.15, -0.1) is 0 Å². The van der Waals surface area contributed by atoms with Gasteiger partial charge >= 0.3 is 0 Å². The standard InChI is InChI=1S/C19H28N2O2/c1-13(2)17-6-5-14(3)18(11-17)23-15(4)19(22)21-12-16-7-9-20-10-8-16/h5-7,11,13,15,20H,8-10,12H2,1-4H3,(H,21,22). The zero-order valence-corrected chi connectivity index (χ0v) is 14.6. The maximum atomic E-state index is 12.2. The summed E-state index contributed by atoms with van der Waals surface area (Å²) >= 11 is 0. The Morgan fingerprint density at radius 1 is 1.35 bits per heavy atom. The number of hydrogen-bond donors (Lipinski definition) is 2. The monoisotopic (exact) mass is 316 g/mol. The molecule has 1 aliphatic rings. The molecule has 1 aliphatic heterocycles. The summed E-state index contributed by atoms with van der Waals surface area (Å²) < 4.78 is 5.89. The summed E-state index contributed by atoms with van der Waals surface area (Å²) in [4.78, 5) is 12.2. The lowest BCUT2D eigenvalue weighted by atomic mass is 10.0. The highest BCUT2D eigenvalue weighted by Crippen LogP contribution is 2.25. The van der Waals surface area contributed by atoms with Gasteiger partial charge in [-0.05, 0) is 49.9 Å². The second-order valence-electron chi connectivity index (χ2n) is 6.47. The quantitative estimate of drug-likeness (QED) is 0.793. The van der Waals surface area contributed by atoms with Crippen molar-refractivity contribution < 1.29 is 9.53 Å². The fourth-order valence-electron chi connectivity index (χ4n) is 2.52. The van der Waals surface area contributed by atoms with Gasteiger partial charge in [0.1, 0.15) is 5.75 Å². The maximum absolute atomic E-state index is 12.2. The van der Waals surface area contributed by atoms with Crippen molar-refractivity contribution in [3.8, 4) is 5.75 Å². The molecule has 1 heterocycles. The molecule has 0 saturated carbocycles. The van der Waals surface area contributed by atoms with Crippen LogP contribution < -0.4 is 15.4 Å². The van der Waals surface area contributed by atoms with E-state index in [2.05, 4.69) is 42.7 Å². The molecule has 1 atom stereocenters. The summed E-state index contributed by atoms with van der Waals surface area (Å²) in [6, 6.07) is 6.20. The van der Waals surface area contributed by atoms with Crippen LogP contribution in [0.3, 0.4) is 0 Å². The molecule has 126 valence electrons. The molecule has 0 aromatic heterocycles. The Balaban J connectivity index is 1.92. The highest BCUT2D eigenvalue weighted by Gasteiger charge is 2.16. The Hall–Kier alpha value is -1.81. The largest absolute Gasteiger partial charge is 0.481 e. The normalized spacial score (nSPS) is 16.0. The number of aryl methyl sites for hydroxylation is 1. The van der Waals surface area contributed by atoms with Crippen LogP contribution in [0, 0.1) is 6.92 Å². The number of carbonyl (C=O) groups excluding carboxylic acids is 1. The summed E-state index contributed by atoms with van der Waals surface area (Å²) in [6.45, 7) is 10.6. The van der Waals surface area contributed by atoms with Gasteiger partial charge in [0.25, 0.3) is 5.91 Å². The van der Waals surface area contributed by atoms with E-state index in [1.807, 2.05) is 13.0 Å². The van der Waals surface area contributed by atoms with E-state index in [4.69, 9.17) is 4.74 Å². The Morgan fingerprint density at radius 2 is 2.13 bits per heavy atom. The Labute approximate surface area is 139 Å². The number of ether oxygens (including phenoxy) is 1. The van der Waals surface area contributed by atoms with E-state index >= 15 is 0 Å². The summed E-state index contributed by atoms with van der Waals surface area (Å²) in [7, 11) is 0. The third kappa shape index (κ3) is 5.10. The predicted octanol–water partition coefficient (Wildman–Crippen LogP) is 2.92. The first-order valence-electron chi connectivity index (χ1n) is 8.41. The molecule has 0 saturated heterocycles. The maximum Gasteiger partial charge on any atom is 0.261 e. The molecule has 0 fully saturated rings. The van der Waals surface area contributed by atoms with Crippen LogP contribution in [-0.2, 0) is 4.79 Å². The van der Waals surface area contributed by atoms with Crippen LogP contribution in [0.1, 0.15) is 44.2 Å². The van der Waals surface area contributed by atoms with Crippen LogP contribution >= 0.6 is 0 Å². The summed E-state index contributed by atoms with van der Waals surface area (Å²) in [5.74, 6) is 1.16. The number of nitrogens with one attached hydrogen (secondary N) is 2. The lowest BCUT2D eigenvalue weighted by molar-refractivity contribution is -0.127. The van der Waals surface area contributed by atoms with Gasteiger partial charge in [-0.3, -0.25) is 4.79 Å². The van der Waals surface area contributed by atoms with Crippen LogP contribution in [0.5, 0.6) is 5.75 Å². The molecule has 2 N–H and O–H groups in total. The Morgan fingerprint density at radius 3 is 2.78 bits per heavy atom. The minimum atomic E-state index is -0.501. The van der Waals surface area contributed by atoms with Crippen molar-refractivity contribution in [2.45, 2.75) is 46.1 Å². The number of benzene rings is 1. The zero-order valence-electron chi connectivity index (χ0n) is 14.6. The van der Waals surface area contributed by atoms with E-state index in [1.54, 1.807) is 6.92 Å². The van der Waals surface area contributed by atoms with Gasteiger partial charge in [0.15, 0.2) is 6.10 Å². The van der Waals surface area contributed by atoms with Crippen LogP contribution in [-0.4, -0.2) is 31.6 Å². The molecule has 0 bridgehead atoms. The van der Waals surface area contributed by atoms with Gasteiger partial charge in [-0.25, -0.2) is 0 Å². The molecule has 1 aromatic rings. The number of hydrogen-bond acceptors (Lipinski definition) is 3. The smallest absolute Gasteiger partial charge is 0.261 e. The third-order valence-electron chi connectivity index (χ3n) is 4.20. The average molecular weight is 316 g/mol. The lowest BCUT2D eigenvalue weighted by Gasteiger charge is -2.19. The van der Waals surface area contributed by atoms with Gasteiger partial charge < -0.3 is 15.4 Å². The van der Waals surface area contributed by atoms with Crippen molar-refractivity contribution in [1.82, 2.24) is 10.6 Å². The molecule has 2 rings (SSSR count). The molecule has 0 radical (unpaired) electrons. The fourth-order valence-corrected chi connectivity index (χ4v) is 2.52. The van der Waals surface area contributed by atoms with Gasteiger partial charge in [-0.1, -0.05) is 37.6 Å². The topological polar surface area (TPSA) is 50.4 Å². The molecular weight excluding hydrogens is 288 g/mol. The van der Waals surface area contributed by atoms with Crippen molar-refractivity contribution >= 4 is 5.91 Å². The number of amides is 1. The molecule has 0 aliphatic carbocycles. The predicted molar refractivity (Wildman–Crippen MR) is 93.9 cm³/mol. The second kappa shape index (κ2) is 8.16. The van der Waals surface area contributed by atoms with Gasteiger partial charge in [-0.2, -0.15) is 0 Å². The fraction of sp³-hybridized carbons (Fsp3) is 0.526. The second-order valence-corrected chi connectivity index (χ2v) is 6.47. The van der Waals surface area contributed by atoms with E-state index < -0.39 is 6.10 Å². The first-order valence-corrected chi connectivity index (χ1v) is 8.41. The SMILES string of the molecule is Cc1ccc(C(C)C)cc1OC(C)C(=O)NCC1=CCNCC1. The van der Waals surface area contributed by atoms with Gasteiger partial charge in [0, 0.05) is 13.1 Å². The first-order chi connectivity index (χ1) is 11.0. The molecule has 1 unspecified atom stereocenters. The Bertz CT molecular complexity index is 579. The minimum Gasteiger partial charge on any atom is -0.481 e. The molecular formula is C19H28N2O2. The van der Waals surface area contributed by atoms with Gasteiger partial charge in [0.05, 0.1) is 0 Å². The van der Waals surface area contributed by atoms with E-state index in [1.165, 1.54) is 11.1 Å². The molecule has 4 heteroatoms. The van der Waals surface area contributed by atoms with Crippen LogP contribution in [0.25, 0.3) is 0 Å². The van der Waals surface area contributed by atoms with Crippen LogP contribution in [0.2, 0.25) is 0 Å². The average Bonchev–Trinajstić information content (AvgIpc) is 2.55. The summed E-state index contributed by atoms with van der Waals surface area (Å²) in [5, 5.41) is 6.23. The molecule has 4 nitrogen and oxygen atoms in total. The molecule has 1 amide bonds. The number of carbonyl (C=O) groups is 1.